The molecule has 1 heterocycles. The van der Waals surface area contributed by atoms with Crippen LogP contribution in [0.15, 0.2) is 23.1 Å². The fourth-order valence-electron chi connectivity index (χ4n) is 2.02. The van der Waals surface area contributed by atoms with Gasteiger partial charge >= 0.3 is 0 Å². The van der Waals surface area contributed by atoms with E-state index in [0.717, 1.165) is 6.07 Å². The number of halogens is 1. The molecule has 2 rings (SSSR count). The van der Waals surface area contributed by atoms with E-state index in [9.17, 15) is 12.8 Å². The second kappa shape index (κ2) is 4.90. The predicted molar refractivity (Wildman–Crippen MR) is 74.6 cm³/mol. The van der Waals surface area contributed by atoms with Crippen LogP contribution in [0.25, 0.3) is 0 Å². The molecule has 2 aromatic rings. The summed E-state index contributed by atoms with van der Waals surface area (Å²) in [5, 5.41) is 4.15. The Balaban J connectivity index is 2.46. The van der Waals surface area contributed by atoms with E-state index >= 15 is 0 Å². The average molecular weight is 297 g/mol. The van der Waals surface area contributed by atoms with Crippen molar-refractivity contribution in [2.75, 3.05) is 4.72 Å². The van der Waals surface area contributed by atoms with Crippen molar-refractivity contribution in [1.29, 1.82) is 0 Å². The molecule has 0 fully saturated rings. The van der Waals surface area contributed by atoms with Crippen molar-refractivity contribution in [3.63, 3.8) is 0 Å². The second-order valence-electron chi connectivity index (χ2n) is 4.68. The number of aryl methyl sites for hydroxylation is 3. The lowest BCUT2D eigenvalue weighted by Gasteiger charge is -2.10. The monoisotopic (exact) mass is 297 g/mol. The van der Waals surface area contributed by atoms with E-state index in [1.165, 1.54) is 12.1 Å². The van der Waals surface area contributed by atoms with Crippen molar-refractivity contribution in [1.82, 2.24) is 9.78 Å². The molecule has 0 unspecified atom stereocenters. The Morgan fingerprint density at radius 2 is 1.90 bits per heavy atom. The number of rotatable bonds is 3. The summed E-state index contributed by atoms with van der Waals surface area (Å²) in [6, 6.07) is 3.58. The van der Waals surface area contributed by atoms with Gasteiger partial charge in [-0.2, -0.15) is 5.10 Å². The fourth-order valence-corrected chi connectivity index (χ4v) is 3.43. The molecule has 0 aliphatic carbocycles. The van der Waals surface area contributed by atoms with Gasteiger partial charge in [0.05, 0.1) is 22.0 Å². The molecule has 5 nitrogen and oxygen atoms in total. The summed E-state index contributed by atoms with van der Waals surface area (Å²) in [7, 11) is -2.02. The molecule has 0 atom stereocenters. The lowest BCUT2D eigenvalue weighted by molar-refractivity contribution is 0.598. The molecule has 108 valence electrons. The first-order chi connectivity index (χ1) is 9.22. The highest BCUT2D eigenvalue weighted by Gasteiger charge is 2.21. The zero-order valence-corrected chi connectivity index (χ0v) is 12.5. The number of aromatic nitrogens is 2. The van der Waals surface area contributed by atoms with Crippen LogP contribution < -0.4 is 4.72 Å². The largest absolute Gasteiger partial charge is 0.276 e. The third-order valence-electron chi connectivity index (χ3n) is 3.17. The van der Waals surface area contributed by atoms with E-state index in [0.29, 0.717) is 22.6 Å². The van der Waals surface area contributed by atoms with Gasteiger partial charge < -0.3 is 0 Å². The molecule has 0 amide bonds. The van der Waals surface area contributed by atoms with Gasteiger partial charge in [0, 0.05) is 7.05 Å². The maximum absolute atomic E-state index is 13.1. The summed E-state index contributed by atoms with van der Waals surface area (Å²) < 4.78 is 41.9. The highest BCUT2D eigenvalue weighted by Crippen LogP contribution is 2.24. The molecule has 0 spiro atoms. The molecule has 7 heteroatoms. The normalized spacial score (nSPS) is 11.7. The van der Waals surface area contributed by atoms with E-state index in [4.69, 9.17) is 0 Å². The first-order valence-corrected chi connectivity index (χ1v) is 7.50. The Labute approximate surface area is 117 Å². The molecule has 0 saturated carbocycles. The van der Waals surface area contributed by atoms with Gasteiger partial charge in [-0.3, -0.25) is 9.40 Å². The molecule has 20 heavy (non-hydrogen) atoms. The maximum atomic E-state index is 13.1. The van der Waals surface area contributed by atoms with Gasteiger partial charge in [-0.05, 0) is 44.5 Å². The fraction of sp³-hybridized carbons (Fsp3) is 0.308. The Kier molecular flexibility index (Phi) is 3.56. The molecular formula is C13H16FN3O2S. The number of sulfonamides is 1. The first kappa shape index (κ1) is 14.5. The highest BCUT2D eigenvalue weighted by molar-refractivity contribution is 7.92. The van der Waals surface area contributed by atoms with Crippen LogP contribution >= 0.6 is 0 Å². The zero-order valence-electron chi connectivity index (χ0n) is 11.7. The smallest absolute Gasteiger partial charge is 0.262 e. The quantitative estimate of drug-likeness (QED) is 0.945. The van der Waals surface area contributed by atoms with Crippen LogP contribution in [0.3, 0.4) is 0 Å². The molecule has 0 radical (unpaired) electrons. The van der Waals surface area contributed by atoms with Crippen LogP contribution in [-0.2, 0) is 17.1 Å². The van der Waals surface area contributed by atoms with Gasteiger partial charge in [0.15, 0.2) is 0 Å². The summed E-state index contributed by atoms with van der Waals surface area (Å²) in [6.45, 7) is 5.05. The maximum Gasteiger partial charge on any atom is 0.262 e. The second-order valence-corrected chi connectivity index (χ2v) is 6.34. The van der Waals surface area contributed by atoms with Crippen molar-refractivity contribution < 1.29 is 12.8 Å². The van der Waals surface area contributed by atoms with E-state index < -0.39 is 15.8 Å². The van der Waals surface area contributed by atoms with Crippen molar-refractivity contribution in [3.8, 4) is 0 Å². The summed E-state index contributed by atoms with van der Waals surface area (Å²) in [4.78, 5) is 0.0570. The van der Waals surface area contributed by atoms with Crippen LogP contribution in [0.2, 0.25) is 0 Å². The zero-order chi connectivity index (χ0) is 15.1. The number of hydrogen-bond donors (Lipinski definition) is 1. The van der Waals surface area contributed by atoms with Gasteiger partial charge in [-0.25, -0.2) is 12.8 Å². The molecule has 0 aliphatic rings. The SMILES string of the molecule is Cc1cc(F)ccc1S(=O)(=O)Nc1c(C)nn(C)c1C. The van der Waals surface area contributed by atoms with Crippen LogP contribution in [0.5, 0.6) is 0 Å². The summed E-state index contributed by atoms with van der Waals surface area (Å²) in [5.41, 5.74) is 2.12. The number of nitrogens with zero attached hydrogens (tertiary/aromatic N) is 2. The number of benzene rings is 1. The van der Waals surface area contributed by atoms with Gasteiger partial charge in [0.2, 0.25) is 0 Å². The molecule has 1 aromatic heterocycles. The third kappa shape index (κ3) is 2.53. The van der Waals surface area contributed by atoms with Gasteiger partial charge in [0.25, 0.3) is 10.0 Å². The van der Waals surface area contributed by atoms with Crippen LogP contribution in [0.4, 0.5) is 10.1 Å². The number of nitrogens with one attached hydrogen (secondary N) is 1. The highest BCUT2D eigenvalue weighted by atomic mass is 32.2. The lowest BCUT2D eigenvalue weighted by atomic mass is 10.2. The van der Waals surface area contributed by atoms with Crippen molar-refractivity contribution in [2.24, 2.45) is 7.05 Å². The van der Waals surface area contributed by atoms with E-state index in [-0.39, 0.29) is 4.90 Å². The summed E-state index contributed by atoms with van der Waals surface area (Å²) >= 11 is 0. The van der Waals surface area contributed by atoms with E-state index in [2.05, 4.69) is 9.82 Å². The molecule has 1 N–H and O–H groups in total. The summed E-state index contributed by atoms with van der Waals surface area (Å²) in [6.07, 6.45) is 0. The number of hydrogen-bond acceptors (Lipinski definition) is 3. The summed E-state index contributed by atoms with van der Waals surface area (Å²) in [5.74, 6) is -0.463. The minimum atomic E-state index is -3.76. The minimum absolute atomic E-state index is 0.0570. The van der Waals surface area contributed by atoms with Crippen molar-refractivity contribution >= 4 is 15.7 Å². The van der Waals surface area contributed by atoms with Crippen LogP contribution in [0.1, 0.15) is 17.0 Å². The van der Waals surface area contributed by atoms with E-state index in [1.54, 1.807) is 32.5 Å². The van der Waals surface area contributed by atoms with Gasteiger partial charge in [-0.15, -0.1) is 0 Å². The molecule has 1 aromatic carbocycles. The van der Waals surface area contributed by atoms with E-state index in [1.807, 2.05) is 0 Å². The lowest BCUT2D eigenvalue weighted by Crippen LogP contribution is -2.15. The number of anilines is 1. The molecular weight excluding hydrogens is 281 g/mol. The average Bonchev–Trinajstić information content (AvgIpc) is 2.55. The third-order valence-corrected chi connectivity index (χ3v) is 4.68. The Morgan fingerprint density at radius 1 is 1.25 bits per heavy atom. The Hall–Kier alpha value is -1.89. The molecule has 0 bridgehead atoms. The standard InChI is InChI=1S/C13H16FN3O2S/c1-8-7-11(14)5-6-12(8)20(18,19)16-13-9(2)15-17(4)10(13)3/h5-7,16H,1-4H3. The first-order valence-electron chi connectivity index (χ1n) is 6.01. The van der Waals surface area contributed by atoms with Crippen molar-refractivity contribution in [2.45, 2.75) is 25.7 Å². The molecule has 0 aliphatic heterocycles. The van der Waals surface area contributed by atoms with Gasteiger partial charge in [0.1, 0.15) is 5.82 Å². The Bertz CT molecular complexity index is 766. The topological polar surface area (TPSA) is 64.0 Å². The van der Waals surface area contributed by atoms with Gasteiger partial charge in [-0.1, -0.05) is 0 Å². The Morgan fingerprint density at radius 3 is 2.40 bits per heavy atom. The van der Waals surface area contributed by atoms with Crippen LogP contribution in [-0.4, -0.2) is 18.2 Å². The van der Waals surface area contributed by atoms with Crippen LogP contribution in [0, 0.1) is 26.6 Å². The minimum Gasteiger partial charge on any atom is -0.276 e. The van der Waals surface area contributed by atoms with Crippen molar-refractivity contribution in [3.05, 3.63) is 41.0 Å². The molecule has 0 saturated heterocycles. The predicted octanol–water partition coefficient (Wildman–Crippen LogP) is 2.29.